The van der Waals surface area contributed by atoms with Gasteiger partial charge in [0.05, 0.1) is 19.1 Å². The number of benzene rings is 1. The van der Waals surface area contributed by atoms with Crippen LogP contribution in [0, 0.1) is 0 Å². The molecule has 1 saturated heterocycles. The lowest BCUT2D eigenvalue weighted by molar-refractivity contribution is 0.104. The van der Waals surface area contributed by atoms with Crippen molar-refractivity contribution in [3.63, 3.8) is 0 Å². The van der Waals surface area contributed by atoms with Gasteiger partial charge in [0.25, 0.3) is 0 Å². The minimum Gasteiger partial charge on any atom is -0.374 e. The first-order chi connectivity index (χ1) is 6.90. The van der Waals surface area contributed by atoms with Gasteiger partial charge in [0, 0.05) is 0 Å². The lowest BCUT2D eigenvalue weighted by Crippen LogP contribution is -2.05. The average molecular weight is 213 g/mol. The first-order valence-corrected chi connectivity index (χ1v) is 5.26. The summed E-state index contributed by atoms with van der Waals surface area (Å²) >= 11 is 5.61. The van der Waals surface area contributed by atoms with Crippen molar-refractivity contribution in [1.82, 2.24) is 0 Å². The molecule has 0 aromatic heterocycles. The highest BCUT2D eigenvalue weighted by Gasteiger charge is 2.37. The summed E-state index contributed by atoms with van der Waals surface area (Å²) in [5, 5.41) is 0. The molecule has 0 aliphatic carbocycles. The number of epoxide rings is 1. The standard InChI is InChI=1S/C11H13ClO2/c12-6-10-11(14-10)8-13-7-9-4-2-1-3-5-9/h1-5,10-11H,6-8H2/t10-,11+/m0/s1. The summed E-state index contributed by atoms with van der Waals surface area (Å²) < 4.78 is 10.7. The Hall–Kier alpha value is -0.570. The van der Waals surface area contributed by atoms with Gasteiger partial charge in [-0.1, -0.05) is 30.3 Å². The molecular weight excluding hydrogens is 200 g/mol. The molecule has 1 heterocycles. The summed E-state index contributed by atoms with van der Waals surface area (Å²) in [7, 11) is 0. The number of ether oxygens (including phenoxy) is 2. The Morgan fingerprint density at radius 1 is 1.21 bits per heavy atom. The first-order valence-electron chi connectivity index (χ1n) is 4.73. The second kappa shape index (κ2) is 4.78. The fourth-order valence-electron chi connectivity index (χ4n) is 1.33. The van der Waals surface area contributed by atoms with Gasteiger partial charge in [-0.05, 0) is 5.56 Å². The molecule has 0 spiro atoms. The Balaban J connectivity index is 1.64. The SMILES string of the molecule is ClC[C@@H]1O[C@@H]1COCc1ccccc1. The normalized spacial score (nSPS) is 24.9. The number of rotatable bonds is 5. The molecule has 2 rings (SSSR count). The molecule has 0 saturated carbocycles. The van der Waals surface area contributed by atoms with Crippen LogP contribution in [0.15, 0.2) is 30.3 Å². The zero-order valence-electron chi connectivity index (χ0n) is 7.86. The van der Waals surface area contributed by atoms with Crippen LogP contribution in [0.2, 0.25) is 0 Å². The van der Waals surface area contributed by atoms with Crippen molar-refractivity contribution < 1.29 is 9.47 Å². The van der Waals surface area contributed by atoms with Crippen LogP contribution in [0.3, 0.4) is 0 Å². The molecule has 2 atom stereocenters. The Bertz CT molecular complexity index is 276. The van der Waals surface area contributed by atoms with E-state index in [-0.39, 0.29) is 12.2 Å². The molecule has 0 amide bonds. The largest absolute Gasteiger partial charge is 0.374 e. The third-order valence-electron chi connectivity index (χ3n) is 2.23. The first kappa shape index (κ1) is 9.97. The van der Waals surface area contributed by atoms with Crippen molar-refractivity contribution in [1.29, 1.82) is 0 Å². The van der Waals surface area contributed by atoms with Crippen molar-refractivity contribution >= 4 is 11.6 Å². The predicted molar refractivity (Wildman–Crippen MR) is 55.5 cm³/mol. The van der Waals surface area contributed by atoms with E-state index in [1.807, 2.05) is 30.3 Å². The molecule has 0 radical (unpaired) electrons. The van der Waals surface area contributed by atoms with E-state index >= 15 is 0 Å². The summed E-state index contributed by atoms with van der Waals surface area (Å²) in [4.78, 5) is 0. The van der Waals surface area contributed by atoms with E-state index in [4.69, 9.17) is 21.1 Å². The number of hydrogen-bond acceptors (Lipinski definition) is 2. The molecule has 1 aromatic rings. The fraction of sp³-hybridized carbons (Fsp3) is 0.455. The minimum atomic E-state index is 0.215. The van der Waals surface area contributed by atoms with E-state index in [2.05, 4.69) is 0 Å². The lowest BCUT2D eigenvalue weighted by Gasteiger charge is -2.01. The number of alkyl halides is 1. The highest BCUT2D eigenvalue weighted by Crippen LogP contribution is 2.23. The third kappa shape index (κ3) is 2.71. The monoisotopic (exact) mass is 212 g/mol. The van der Waals surface area contributed by atoms with Gasteiger partial charge in [0.2, 0.25) is 0 Å². The topological polar surface area (TPSA) is 21.8 Å². The van der Waals surface area contributed by atoms with Gasteiger partial charge in [-0.15, -0.1) is 11.6 Å². The van der Waals surface area contributed by atoms with E-state index in [1.165, 1.54) is 5.56 Å². The van der Waals surface area contributed by atoms with Gasteiger partial charge >= 0.3 is 0 Å². The van der Waals surface area contributed by atoms with E-state index < -0.39 is 0 Å². The highest BCUT2D eigenvalue weighted by molar-refractivity contribution is 6.18. The zero-order chi connectivity index (χ0) is 9.80. The predicted octanol–water partition coefficient (Wildman–Crippen LogP) is 2.21. The smallest absolute Gasteiger partial charge is 0.109 e. The van der Waals surface area contributed by atoms with E-state index in [1.54, 1.807) is 0 Å². The van der Waals surface area contributed by atoms with Crippen molar-refractivity contribution in [3.05, 3.63) is 35.9 Å². The van der Waals surface area contributed by atoms with Gasteiger partial charge in [0.1, 0.15) is 12.2 Å². The second-order valence-electron chi connectivity index (χ2n) is 3.37. The molecule has 2 nitrogen and oxygen atoms in total. The van der Waals surface area contributed by atoms with Crippen LogP contribution in [0.1, 0.15) is 5.56 Å². The molecular formula is C11H13ClO2. The molecule has 76 valence electrons. The van der Waals surface area contributed by atoms with Gasteiger partial charge in [-0.25, -0.2) is 0 Å². The summed E-state index contributed by atoms with van der Waals surface area (Å²) in [5.74, 6) is 0.569. The molecule has 0 unspecified atom stereocenters. The van der Waals surface area contributed by atoms with Crippen LogP contribution in [0.4, 0.5) is 0 Å². The molecule has 3 heteroatoms. The summed E-state index contributed by atoms with van der Waals surface area (Å²) in [5.41, 5.74) is 1.19. The van der Waals surface area contributed by atoms with Crippen LogP contribution < -0.4 is 0 Å². The van der Waals surface area contributed by atoms with E-state index in [9.17, 15) is 0 Å². The summed E-state index contributed by atoms with van der Waals surface area (Å²) in [6.45, 7) is 1.29. The van der Waals surface area contributed by atoms with Crippen molar-refractivity contribution in [2.24, 2.45) is 0 Å². The summed E-state index contributed by atoms with van der Waals surface area (Å²) in [6, 6.07) is 10.1. The van der Waals surface area contributed by atoms with Crippen LogP contribution in [0.25, 0.3) is 0 Å². The van der Waals surface area contributed by atoms with Gasteiger partial charge in [0.15, 0.2) is 0 Å². The van der Waals surface area contributed by atoms with Crippen LogP contribution in [0.5, 0.6) is 0 Å². The molecule has 1 fully saturated rings. The maximum Gasteiger partial charge on any atom is 0.109 e. The van der Waals surface area contributed by atoms with Crippen molar-refractivity contribution in [2.75, 3.05) is 12.5 Å². The average Bonchev–Trinajstić information content (AvgIpc) is 2.98. The third-order valence-corrected chi connectivity index (χ3v) is 2.54. The molecule has 1 aliphatic heterocycles. The van der Waals surface area contributed by atoms with Crippen LogP contribution in [-0.4, -0.2) is 24.7 Å². The second-order valence-corrected chi connectivity index (χ2v) is 3.68. The van der Waals surface area contributed by atoms with Gasteiger partial charge < -0.3 is 9.47 Å². The maximum atomic E-state index is 5.61. The van der Waals surface area contributed by atoms with Crippen LogP contribution >= 0.6 is 11.6 Å². The maximum absolute atomic E-state index is 5.61. The number of halogens is 1. The van der Waals surface area contributed by atoms with E-state index in [0.29, 0.717) is 19.1 Å². The quantitative estimate of drug-likeness (QED) is 0.552. The Labute approximate surface area is 88.8 Å². The molecule has 0 bridgehead atoms. The fourth-order valence-corrected chi connectivity index (χ4v) is 1.60. The summed E-state index contributed by atoms with van der Waals surface area (Å²) in [6.07, 6.45) is 0.434. The molecule has 1 aromatic carbocycles. The van der Waals surface area contributed by atoms with E-state index in [0.717, 1.165) is 0 Å². The Morgan fingerprint density at radius 2 is 2.00 bits per heavy atom. The number of hydrogen-bond donors (Lipinski definition) is 0. The Morgan fingerprint density at radius 3 is 2.64 bits per heavy atom. The minimum absolute atomic E-state index is 0.215. The molecule has 1 aliphatic rings. The molecule has 0 N–H and O–H groups in total. The Kier molecular flexibility index (Phi) is 3.40. The van der Waals surface area contributed by atoms with Crippen molar-refractivity contribution in [2.45, 2.75) is 18.8 Å². The zero-order valence-corrected chi connectivity index (χ0v) is 8.61. The lowest BCUT2D eigenvalue weighted by atomic mass is 10.2. The van der Waals surface area contributed by atoms with Gasteiger partial charge in [-0.3, -0.25) is 0 Å². The highest BCUT2D eigenvalue weighted by atomic mass is 35.5. The van der Waals surface area contributed by atoms with Crippen LogP contribution in [-0.2, 0) is 16.1 Å². The van der Waals surface area contributed by atoms with Crippen molar-refractivity contribution in [3.8, 4) is 0 Å². The van der Waals surface area contributed by atoms with Gasteiger partial charge in [-0.2, -0.15) is 0 Å². The molecule has 14 heavy (non-hydrogen) atoms.